The van der Waals surface area contributed by atoms with E-state index in [-0.39, 0.29) is 5.78 Å². The summed E-state index contributed by atoms with van der Waals surface area (Å²) < 4.78 is 0. The second-order valence-electron chi connectivity index (χ2n) is 3.57. The van der Waals surface area contributed by atoms with Crippen LogP contribution >= 0.6 is 0 Å². The van der Waals surface area contributed by atoms with E-state index in [1.54, 1.807) is 0 Å². The van der Waals surface area contributed by atoms with Crippen LogP contribution in [0.5, 0.6) is 0 Å². The SMILES string of the molecule is CC(=O)C#C[Si](C(C)C)C(C)C. The van der Waals surface area contributed by atoms with E-state index in [0.717, 1.165) is 0 Å². The summed E-state index contributed by atoms with van der Waals surface area (Å²) in [5.41, 5.74) is 4.37. The van der Waals surface area contributed by atoms with Crippen LogP contribution in [-0.2, 0) is 4.79 Å². The van der Waals surface area contributed by atoms with E-state index < -0.39 is 8.80 Å². The molecule has 12 heavy (non-hydrogen) atoms. The number of ketones is 1. The van der Waals surface area contributed by atoms with E-state index in [1.165, 1.54) is 6.92 Å². The van der Waals surface area contributed by atoms with E-state index >= 15 is 0 Å². The van der Waals surface area contributed by atoms with Crippen molar-refractivity contribution in [2.24, 2.45) is 0 Å². The largest absolute Gasteiger partial charge is 0.285 e. The van der Waals surface area contributed by atoms with E-state index in [2.05, 4.69) is 39.2 Å². The second-order valence-corrected chi connectivity index (χ2v) is 7.04. The maximum atomic E-state index is 10.6. The molecule has 0 N–H and O–H groups in total. The van der Waals surface area contributed by atoms with Crippen molar-refractivity contribution in [2.75, 3.05) is 0 Å². The van der Waals surface area contributed by atoms with Crippen molar-refractivity contribution >= 4 is 14.6 Å². The number of hydrogen-bond donors (Lipinski definition) is 0. The van der Waals surface area contributed by atoms with Crippen molar-refractivity contribution in [3.8, 4) is 11.5 Å². The first-order valence-corrected chi connectivity index (χ1v) is 6.00. The molecule has 0 aliphatic rings. The van der Waals surface area contributed by atoms with Crippen LogP contribution in [0.4, 0.5) is 0 Å². The fourth-order valence-corrected chi connectivity index (χ4v) is 3.35. The van der Waals surface area contributed by atoms with Gasteiger partial charge in [0, 0.05) is 6.92 Å². The molecule has 0 aromatic heterocycles. The summed E-state index contributed by atoms with van der Waals surface area (Å²) in [5, 5.41) is 0. The van der Waals surface area contributed by atoms with Crippen molar-refractivity contribution < 1.29 is 4.79 Å². The minimum absolute atomic E-state index is 0.0150. The summed E-state index contributed by atoms with van der Waals surface area (Å²) in [5.74, 6) is 2.65. The van der Waals surface area contributed by atoms with E-state index in [4.69, 9.17) is 0 Å². The van der Waals surface area contributed by atoms with Gasteiger partial charge in [0.05, 0.1) is 0 Å². The molecule has 0 bridgehead atoms. The summed E-state index contributed by atoms with van der Waals surface area (Å²) in [6, 6.07) is 0. The van der Waals surface area contributed by atoms with Crippen molar-refractivity contribution in [3.05, 3.63) is 0 Å². The number of Topliss-reactive ketones (excluding diaryl/α,β-unsaturated/α-hetero) is 1. The lowest BCUT2D eigenvalue weighted by atomic mass is 10.5. The molecule has 0 unspecified atom stereocenters. The van der Waals surface area contributed by atoms with Crippen LogP contribution in [0.25, 0.3) is 0 Å². The van der Waals surface area contributed by atoms with Crippen LogP contribution in [-0.4, -0.2) is 14.6 Å². The Kier molecular flexibility index (Phi) is 4.92. The van der Waals surface area contributed by atoms with Crippen LogP contribution in [0.15, 0.2) is 0 Å². The van der Waals surface area contributed by atoms with Gasteiger partial charge >= 0.3 is 0 Å². The van der Waals surface area contributed by atoms with Gasteiger partial charge in [-0.05, 0) is 17.0 Å². The number of hydrogen-bond acceptors (Lipinski definition) is 1. The molecule has 2 heteroatoms. The first kappa shape index (κ1) is 11.4. The van der Waals surface area contributed by atoms with Gasteiger partial charge < -0.3 is 0 Å². The van der Waals surface area contributed by atoms with Crippen molar-refractivity contribution in [3.63, 3.8) is 0 Å². The lowest BCUT2D eigenvalue weighted by Gasteiger charge is -2.15. The smallest absolute Gasteiger partial charge is 0.201 e. The normalized spacial score (nSPS) is 10.3. The molecule has 0 atom stereocenters. The average Bonchev–Trinajstić information content (AvgIpc) is 1.84. The highest BCUT2D eigenvalue weighted by atomic mass is 28.3. The van der Waals surface area contributed by atoms with Gasteiger partial charge in [0.25, 0.3) is 0 Å². The molecule has 1 nitrogen and oxygen atoms in total. The monoisotopic (exact) mass is 181 g/mol. The van der Waals surface area contributed by atoms with Gasteiger partial charge in [-0.25, -0.2) is 0 Å². The van der Waals surface area contributed by atoms with Crippen LogP contribution in [0.2, 0.25) is 11.1 Å². The molecular formula is C10H17OSi. The maximum absolute atomic E-state index is 10.6. The fourth-order valence-electron chi connectivity index (χ4n) is 1.12. The second kappa shape index (κ2) is 5.16. The van der Waals surface area contributed by atoms with Crippen LogP contribution in [0, 0.1) is 11.5 Å². The standard InChI is InChI=1S/C10H17OSi/c1-8(2)12(9(3)4)7-6-10(5)11/h8-9H,1-5H3. The third-order valence-electron chi connectivity index (χ3n) is 1.63. The third-order valence-corrected chi connectivity index (χ3v) is 4.53. The Hall–Kier alpha value is -0.553. The summed E-state index contributed by atoms with van der Waals surface area (Å²) in [4.78, 5) is 10.6. The predicted molar refractivity (Wildman–Crippen MR) is 54.4 cm³/mol. The lowest BCUT2D eigenvalue weighted by molar-refractivity contribution is -0.111. The minimum Gasteiger partial charge on any atom is -0.285 e. The fraction of sp³-hybridized carbons (Fsp3) is 0.700. The summed E-state index contributed by atoms with van der Waals surface area (Å²) in [7, 11) is -0.656. The Morgan fingerprint density at radius 1 is 1.17 bits per heavy atom. The van der Waals surface area contributed by atoms with E-state index in [9.17, 15) is 4.79 Å². The first-order chi connectivity index (χ1) is 5.45. The molecule has 0 fully saturated rings. The molecule has 0 spiro atoms. The molecule has 0 heterocycles. The molecule has 0 aromatic carbocycles. The third kappa shape index (κ3) is 4.35. The topological polar surface area (TPSA) is 17.1 Å². The van der Waals surface area contributed by atoms with Gasteiger partial charge in [0.15, 0.2) is 8.80 Å². The summed E-state index contributed by atoms with van der Waals surface area (Å²) in [6.07, 6.45) is 0. The van der Waals surface area contributed by atoms with Gasteiger partial charge in [-0.15, -0.1) is 5.54 Å². The molecule has 0 rings (SSSR count). The average molecular weight is 181 g/mol. The zero-order chi connectivity index (χ0) is 9.72. The summed E-state index contributed by atoms with van der Waals surface area (Å²) in [6.45, 7) is 10.3. The molecule has 0 amide bonds. The van der Waals surface area contributed by atoms with Crippen LogP contribution in [0.1, 0.15) is 34.6 Å². The molecule has 1 radical (unpaired) electrons. The van der Waals surface area contributed by atoms with Crippen molar-refractivity contribution in [2.45, 2.75) is 45.7 Å². The molecule has 67 valence electrons. The molecule has 0 aliphatic carbocycles. The van der Waals surface area contributed by atoms with Gasteiger partial charge in [0.1, 0.15) is 0 Å². The first-order valence-electron chi connectivity index (χ1n) is 4.34. The van der Waals surface area contributed by atoms with Gasteiger partial charge in [0.2, 0.25) is 5.78 Å². The highest BCUT2D eigenvalue weighted by molar-refractivity contribution is 6.70. The number of carbonyl (C=O) groups excluding carboxylic acids is 1. The van der Waals surface area contributed by atoms with E-state index in [0.29, 0.717) is 11.1 Å². The zero-order valence-corrected chi connectivity index (χ0v) is 9.56. The Morgan fingerprint density at radius 2 is 1.58 bits per heavy atom. The van der Waals surface area contributed by atoms with Crippen LogP contribution in [0.3, 0.4) is 0 Å². The Morgan fingerprint density at radius 3 is 1.83 bits per heavy atom. The summed E-state index contributed by atoms with van der Waals surface area (Å²) >= 11 is 0. The van der Waals surface area contributed by atoms with Gasteiger partial charge in [-0.2, -0.15) is 0 Å². The minimum atomic E-state index is -0.656. The quantitative estimate of drug-likeness (QED) is 0.472. The zero-order valence-electron chi connectivity index (χ0n) is 8.56. The lowest BCUT2D eigenvalue weighted by Crippen LogP contribution is -2.19. The molecule has 0 saturated carbocycles. The Balaban J connectivity index is 4.36. The molecule has 0 aromatic rings. The predicted octanol–water partition coefficient (Wildman–Crippen LogP) is 2.43. The molecular weight excluding hydrogens is 164 g/mol. The van der Waals surface area contributed by atoms with Crippen molar-refractivity contribution in [1.82, 2.24) is 0 Å². The molecule has 0 saturated heterocycles. The van der Waals surface area contributed by atoms with Gasteiger partial charge in [-0.3, -0.25) is 4.79 Å². The maximum Gasteiger partial charge on any atom is 0.201 e. The highest BCUT2D eigenvalue weighted by Gasteiger charge is 2.17. The van der Waals surface area contributed by atoms with Gasteiger partial charge in [-0.1, -0.05) is 27.7 Å². The molecule has 0 aliphatic heterocycles. The number of rotatable bonds is 2. The number of carbonyl (C=O) groups is 1. The highest BCUT2D eigenvalue weighted by Crippen LogP contribution is 2.18. The van der Waals surface area contributed by atoms with Crippen molar-refractivity contribution in [1.29, 1.82) is 0 Å². The Labute approximate surface area is 77.2 Å². The Bertz CT molecular complexity index is 200. The van der Waals surface area contributed by atoms with Crippen LogP contribution < -0.4 is 0 Å². The van der Waals surface area contributed by atoms with E-state index in [1.807, 2.05) is 0 Å².